The normalized spacial score (nSPS) is 15.6. The Balaban J connectivity index is 1.62. The SMILES string of the molecule is CN1C(=O)C(NC(=O)COc2ccccc2)N=C(c2ccccc2)c2ccccc21. The number of hydrogen-bond acceptors (Lipinski definition) is 4. The van der Waals surface area contributed by atoms with Crippen LogP contribution < -0.4 is 15.0 Å². The molecule has 0 aromatic heterocycles. The lowest BCUT2D eigenvalue weighted by Crippen LogP contribution is -2.47. The molecule has 1 N–H and O–H groups in total. The van der Waals surface area contributed by atoms with E-state index in [1.807, 2.05) is 72.8 Å². The number of likely N-dealkylation sites (N-methyl/N-ethyl adjacent to an activating group) is 1. The fourth-order valence-electron chi connectivity index (χ4n) is 3.30. The molecule has 6 heteroatoms. The molecule has 1 atom stereocenters. The van der Waals surface area contributed by atoms with Crippen molar-refractivity contribution >= 4 is 23.2 Å². The standard InChI is InChI=1S/C24H21N3O3/c1-27-20-15-9-8-14-19(20)22(17-10-4-2-5-11-17)26-23(24(27)29)25-21(28)16-30-18-12-6-3-7-13-18/h2-15,23H,16H2,1H3,(H,25,28). The van der Waals surface area contributed by atoms with Crippen LogP contribution in [0.2, 0.25) is 0 Å². The Morgan fingerprint density at radius 2 is 1.60 bits per heavy atom. The molecule has 0 saturated heterocycles. The van der Waals surface area contributed by atoms with Crippen molar-refractivity contribution in [2.75, 3.05) is 18.6 Å². The number of para-hydroxylation sites is 2. The van der Waals surface area contributed by atoms with E-state index in [1.165, 1.54) is 4.90 Å². The first kappa shape index (κ1) is 19.4. The number of aliphatic imine (C=N–C) groups is 1. The quantitative estimate of drug-likeness (QED) is 0.717. The van der Waals surface area contributed by atoms with Crippen molar-refractivity contribution in [1.29, 1.82) is 0 Å². The van der Waals surface area contributed by atoms with Crippen molar-refractivity contribution in [3.8, 4) is 5.75 Å². The summed E-state index contributed by atoms with van der Waals surface area (Å²) >= 11 is 0. The molecule has 150 valence electrons. The van der Waals surface area contributed by atoms with E-state index in [-0.39, 0.29) is 12.5 Å². The van der Waals surface area contributed by atoms with Crippen LogP contribution in [0.15, 0.2) is 89.9 Å². The number of benzene rings is 3. The van der Waals surface area contributed by atoms with Gasteiger partial charge >= 0.3 is 0 Å². The summed E-state index contributed by atoms with van der Waals surface area (Å²) in [4.78, 5) is 31.7. The predicted molar refractivity (Wildman–Crippen MR) is 116 cm³/mol. The number of amides is 2. The Morgan fingerprint density at radius 3 is 2.33 bits per heavy atom. The maximum absolute atomic E-state index is 13.1. The monoisotopic (exact) mass is 399 g/mol. The highest BCUT2D eigenvalue weighted by atomic mass is 16.5. The zero-order chi connectivity index (χ0) is 20.9. The van der Waals surface area contributed by atoms with Gasteiger partial charge in [-0.3, -0.25) is 9.59 Å². The largest absolute Gasteiger partial charge is 0.484 e. The molecule has 3 aromatic rings. The molecule has 0 bridgehead atoms. The van der Waals surface area contributed by atoms with Crippen molar-refractivity contribution in [3.05, 3.63) is 96.1 Å². The summed E-state index contributed by atoms with van der Waals surface area (Å²) in [6.07, 6.45) is -1.05. The summed E-state index contributed by atoms with van der Waals surface area (Å²) in [5.41, 5.74) is 3.09. The number of hydrogen-bond donors (Lipinski definition) is 1. The van der Waals surface area contributed by atoms with Crippen molar-refractivity contribution in [2.45, 2.75) is 6.17 Å². The van der Waals surface area contributed by atoms with E-state index in [1.54, 1.807) is 19.2 Å². The lowest BCUT2D eigenvalue weighted by Gasteiger charge is -2.20. The number of anilines is 1. The Morgan fingerprint density at radius 1 is 0.967 bits per heavy atom. The zero-order valence-electron chi connectivity index (χ0n) is 16.5. The second-order valence-corrected chi connectivity index (χ2v) is 6.83. The van der Waals surface area contributed by atoms with Gasteiger partial charge in [0.15, 0.2) is 6.61 Å². The van der Waals surface area contributed by atoms with Gasteiger partial charge in [-0.05, 0) is 18.2 Å². The van der Waals surface area contributed by atoms with Crippen LogP contribution in [-0.4, -0.2) is 37.3 Å². The Bertz CT molecular complexity index is 1080. The molecule has 3 aromatic carbocycles. The van der Waals surface area contributed by atoms with Crippen molar-refractivity contribution < 1.29 is 14.3 Å². The molecule has 0 spiro atoms. The number of rotatable bonds is 5. The van der Waals surface area contributed by atoms with Gasteiger partial charge in [0.2, 0.25) is 6.17 Å². The minimum absolute atomic E-state index is 0.208. The summed E-state index contributed by atoms with van der Waals surface area (Å²) in [6, 6.07) is 26.2. The average molecular weight is 399 g/mol. The van der Waals surface area contributed by atoms with Gasteiger partial charge in [-0.25, -0.2) is 4.99 Å². The number of fused-ring (bicyclic) bond motifs is 1. The first-order valence-corrected chi connectivity index (χ1v) is 9.61. The van der Waals surface area contributed by atoms with E-state index >= 15 is 0 Å². The molecular weight excluding hydrogens is 378 g/mol. The average Bonchev–Trinajstić information content (AvgIpc) is 2.90. The van der Waals surface area contributed by atoms with Crippen LogP contribution in [0.3, 0.4) is 0 Å². The van der Waals surface area contributed by atoms with Crippen LogP contribution >= 0.6 is 0 Å². The van der Waals surface area contributed by atoms with E-state index in [2.05, 4.69) is 10.3 Å². The van der Waals surface area contributed by atoms with Crippen molar-refractivity contribution in [2.24, 2.45) is 4.99 Å². The molecule has 2 amide bonds. The summed E-state index contributed by atoms with van der Waals surface area (Å²) in [7, 11) is 1.68. The van der Waals surface area contributed by atoms with Gasteiger partial charge in [0.25, 0.3) is 11.8 Å². The van der Waals surface area contributed by atoms with E-state index in [4.69, 9.17) is 4.74 Å². The van der Waals surface area contributed by atoms with Crippen LogP contribution in [0, 0.1) is 0 Å². The summed E-state index contributed by atoms with van der Waals surface area (Å²) in [5, 5.41) is 2.70. The second kappa shape index (κ2) is 8.61. The van der Waals surface area contributed by atoms with Crippen LogP contribution in [0.5, 0.6) is 5.75 Å². The predicted octanol–water partition coefficient (Wildman–Crippen LogP) is 3.02. The van der Waals surface area contributed by atoms with Crippen molar-refractivity contribution in [1.82, 2.24) is 5.32 Å². The first-order chi connectivity index (χ1) is 14.6. The highest BCUT2D eigenvalue weighted by Crippen LogP contribution is 2.27. The molecule has 0 fully saturated rings. The van der Waals surface area contributed by atoms with Crippen LogP contribution in [0.1, 0.15) is 11.1 Å². The van der Waals surface area contributed by atoms with Gasteiger partial charge in [-0.15, -0.1) is 0 Å². The lowest BCUT2D eigenvalue weighted by molar-refractivity contribution is -0.128. The van der Waals surface area contributed by atoms with E-state index in [0.29, 0.717) is 11.5 Å². The Kier molecular flexibility index (Phi) is 5.57. The molecule has 0 aliphatic carbocycles. The fourth-order valence-corrected chi connectivity index (χ4v) is 3.30. The number of benzodiazepines with no additional fused rings is 1. The maximum Gasteiger partial charge on any atom is 0.272 e. The van der Waals surface area contributed by atoms with E-state index < -0.39 is 12.1 Å². The number of nitrogens with zero attached hydrogens (tertiary/aromatic N) is 2. The van der Waals surface area contributed by atoms with Gasteiger partial charge in [0.05, 0.1) is 11.4 Å². The zero-order valence-corrected chi connectivity index (χ0v) is 16.5. The number of carbonyl (C=O) groups is 2. The van der Waals surface area contributed by atoms with Crippen molar-refractivity contribution in [3.63, 3.8) is 0 Å². The molecule has 30 heavy (non-hydrogen) atoms. The minimum Gasteiger partial charge on any atom is -0.484 e. The molecule has 1 aliphatic rings. The van der Waals surface area contributed by atoms with Crippen LogP contribution in [-0.2, 0) is 9.59 Å². The molecule has 1 aliphatic heterocycles. The highest BCUT2D eigenvalue weighted by molar-refractivity contribution is 6.20. The van der Waals surface area contributed by atoms with Crippen LogP contribution in [0.25, 0.3) is 0 Å². The van der Waals surface area contributed by atoms with Gasteiger partial charge < -0.3 is 15.0 Å². The summed E-state index contributed by atoms with van der Waals surface area (Å²) in [5.74, 6) is -0.160. The topological polar surface area (TPSA) is 71.0 Å². The minimum atomic E-state index is -1.05. The van der Waals surface area contributed by atoms with Gasteiger partial charge in [0.1, 0.15) is 5.75 Å². The number of ether oxygens (including phenoxy) is 1. The Labute approximate surface area is 174 Å². The Hall–Kier alpha value is -3.93. The summed E-state index contributed by atoms with van der Waals surface area (Å²) in [6.45, 7) is -0.208. The van der Waals surface area contributed by atoms with E-state index in [9.17, 15) is 9.59 Å². The first-order valence-electron chi connectivity index (χ1n) is 9.61. The molecule has 1 heterocycles. The molecule has 0 saturated carbocycles. The third-order valence-electron chi connectivity index (χ3n) is 4.80. The van der Waals surface area contributed by atoms with E-state index in [0.717, 1.165) is 16.8 Å². The molecule has 6 nitrogen and oxygen atoms in total. The number of carbonyl (C=O) groups excluding carboxylic acids is 2. The van der Waals surface area contributed by atoms with Gasteiger partial charge in [-0.1, -0.05) is 66.7 Å². The lowest BCUT2D eigenvalue weighted by atomic mass is 10.0. The highest BCUT2D eigenvalue weighted by Gasteiger charge is 2.30. The number of nitrogens with one attached hydrogen (secondary N) is 1. The third-order valence-corrected chi connectivity index (χ3v) is 4.80. The molecule has 0 radical (unpaired) electrons. The third kappa shape index (κ3) is 4.07. The second-order valence-electron chi connectivity index (χ2n) is 6.83. The maximum atomic E-state index is 13.1. The molecule has 1 unspecified atom stereocenters. The van der Waals surface area contributed by atoms with Crippen LogP contribution in [0.4, 0.5) is 5.69 Å². The van der Waals surface area contributed by atoms with Gasteiger partial charge in [-0.2, -0.15) is 0 Å². The van der Waals surface area contributed by atoms with Gasteiger partial charge in [0, 0.05) is 18.2 Å². The summed E-state index contributed by atoms with van der Waals surface area (Å²) < 4.78 is 5.49. The molecule has 4 rings (SSSR count). The molecular formula is C24H21N3O3. The smallest absolute Gasteiger partial charge is 0.272 e. The fraction of sp³-hybridized carbons (Fsp3) is 0.125.